The van der Waals surface area contributed by atoms with Gasteiger partial charge in [-0.2, -0.15) is 0 Å². The van der Waals surface area contributed by atoms with Crippen molar-refractivity contribution in [2.45, 2.75) is 63.7 Å². The number of ether oxygens (including phenoxy) is 2. The Bertz CT molecular complexity index is 1400. The summed E-state index contributed by atoms with van der Waals surface area (Å²) in [7, 11) is -1.42. The van der Waals surface area contributed by atoms with Crippen LogP contribution in [0.4, 0.5) is 0 Å². The van der Waals surface area contributed by atoms with E-state index in [0.29, 0.717) is 5.56 Å². The number of aromatic amines is 1. The zero-order chi connectivity index (χ0) is 29.8. The average Bonchev–Trinajstić information content (AvgIpc) is 3.26. The van der Waals surface area contributed by atoms with Crippen molar-refractivity contribution in [2.75, 3.05) is 20.3 Å². The fourth-order valence-electron chi connectivity index (χ4n) is 5.42. The molecule has 4 rings (SSSR count). The Hall–Kier alpha value is -3.35. The molecule has 0 bridgehead atoms. The molecule has 2 aromatic carbocycles. The number of H-pyrrole nitrogens is 1. The van der Waals surface area contributed by atoms with E-state index in [2.05, 4.69) is 55.3 Å². The van der Waals surface area contributed by atoms with Crippen molar-refractivity contribution in [2.24, 2.45) is 0 Å². The third-order valence-electron chi connectivity index (χ3n) is 7.53. The normalized spacial score (nSPS) is 21.1. The van der Waals surface area contributed by atoms with Crippen molar-refractivity contribution in [1.29, 1.82) is 0 Å². The predicted molar refractivity (Wildman–Crippen MR) is 158 cm³/mol. The van der Waals surface area contributed by atoms with Gasteiger partial charge in [-0.3, -0.25) is 19.1 Å². The minimum Gasteiger partial charge on any atom is -0.405 e. The first-order chi connectivity index (χ1) is 19.5. The van der Waals surface area contributed by atoms with Crippen LogP contribution < -0.4 is 26.9 Å². The lowest BCUT2D eigenvalue weighted by atomic mass is 10.1. The van der Waals surface area contributed by atoms with Gasteiger partial charge in [-0.1, -0.05) is 81.4 Å². The molecule has 2 heterocycles. The van der Waals surface area contributed by atoms with E-state index < -0.39 is 44.1 Å². The van der Waals surface area contributed by atoms with Crippen LogP contribution in [0.25, 0.3) is 0 Å². The number of carbonyl (C=O) groups is 1. The van der Waals surface area contributed by atoms with Gasteiger partial charge < -0.3 is 24.3 Å². The Labute approximate surface area is 240 Å². The zero-order valence-electron chi connectivity index (χ0n) is 24.1. The molecule has 3 aromatic rings. The number of nitrogens with zero attached hydrogens (tertiary/aromatic N) is 1. The van der Waals surface area contributed by atoms with Crippen LogP contribution in [-0.4, -0.2) is 67.5 Å². The molecule has 11 heteroatoms. The van der Waals surface area contributed by atoms with Crippen LogP contribution in [0.2, 0.25) is 5.04 Å². The van der Waals surface area contributed by atoms with Gasteiger partial charge in [-0.05, 0) is 22.3 Å². The second-order valence-corrected chi connectivity index (χ2v) is 15.6. The van der Waals surface area contributed by atoms with Gasteiger partial charge in [0.1, 0.15) is 18.3 Å². The lowest BCUT2D eigenvalue weighted by molar-refractivity contribution is -0.124. The number of amides is 1. The molecule has 220 valence electrons. The summed E-state index contributed by atoms with van der Waals surface area (Å²) < 4.78 is 20.4. The van der Waals surface area contributed by atoms with Gasteiger partial charge in [0, 0.05) is 25.2 Å². The summed E-state index contributed by atoms with van der Waals surface area (Å²) in [4.78, 5) is 38.9. The van der Waals surface area contributed by atoms with E-state index in [-0.39, 0.29) is 30.6 Å². The zero-order valence-corrected chi connectivity index (χ0v) is 25.1. The number of aliphatic hydroxyl groups is 1. The van der Waals surface area contributed by atoms with Gasteiger partial charge in [-0.15, -0.1) is 0 Å². The highest BCUT2D eigenvalue weighted by Crippen LogP contribution is 2.38. The fourth-order valence-corrected chi connectivity index (χ4v) is 9.99. The molecule has 3 N–H and O–H groups in total. The number of aryl methyl sites for hydroxylation is 1. The molecule has 10 nitrogen and oxygen atoms in total. The van der Waals surface area contributed by atoms with Gasteiger partial charge in [-0.25, -0.2) is 4.79 Å². The monoisotopic (exact) mass is 581 g/mol. The second kappa shape index (κ2) is 12.7. The number of aliphatic hydroxyl groups excluding tert-OH is 1. The van der Waals surface area contributed by atoms with E-state index in [1.54, 1.807) is 6.92 Å². The Morgan fingerprint density at radius 2 is 1.66 bits per heavy atom. The average molecular weight is 582 g/mol. The van der Waals surface area contributed by atoms with Crippen molar-refractivity contribution in [3.63, 3.8) is 0 Å². The molecule has 1 aromatic heterocycles. The maximum atomic E-state index is 12.8. The summed E-state index contributed by atoms with van der Waals surface area (Å²) in [6.07, 6.45) is -2.62. The standard InChI is InChI=1S/C30H39N3O7Si/c1-20-18-33(29(37)32-27(20)36)28-26(38-17-16-24(34)31-5)25(35)23(40-28)19-39-41(30(2,3)4,21-12-8-6-9-13-21)22-14-10-7-11-15-22/h6-15,18,23,25-26,28,35H,16-17,19H2,1-5H3,(H,31,34)(H,32,36,37)/t23-,25-,26-,28-/m1/s1. The Kier molecular flexibility index (Phi) is 9.45. The highest BCUT2D eigenvalue weighted by Gasteiger charge is 2.52. The maximum absolute atomic E-state index is 12.8. The lowest BCUT2D eigenvalue weighted by Gasteiger charge is -2.43. The summed E-state index contributed by atoms with van der Waals surface area (Å²) in [6, 6.07) is 20.2. The highest BCUT2D eigenvalue weighted by atomic mass is 28.4. The van der Waals surface area contributed by atoms with Crippen molar-refractivity contribution in [1.82, 2.24) is 14.9 Å². The molecule has 0 aliphatic carbocycles. The third-order valence-corrected chi connectivity index (χ3v) is 12.5. The van der Waals surface area contributed by atoms with E-state index in [1.807, 2.05) is 36.4 Å². The molecule has 1 saturated heterocycles. The van der Waals surface area contributed by atoms with Crippen LogP contribution in [0.3, 0.4) is 0 Å². The highest BCUT2D eigenvalue weighted by molar-refractivity contribution is 6.99. The molecule has 1 aliphatic heterocycles. The predicted octanol–water partition coefficient (Wildman–Crippen LogP) is 1.20. The molecule has 1 amide bonds. The first-order valence-electron chi connectivity index (χ1n) is 13.7. The molecule has 41 heavy (non-hydrogen) atoms. The SMILES string of the molecule is CNC(=O)CCO[C@@H]1[C@H](O)[C@@H](CO[Si](c2ccccc2)(c2ccccc2)C(C)(C)C)O[C@H]1n1cc(C)c(=O)[nH]c1=O. The fraction of sp³-hybridized carbons (Fsp3) is 0.433. The van der Waals surface area contributed by atoms with Crippen LogP contribution in [0.15, 0.2) is 76.4 Å². The van der Waals surface area contributed by atoms with Gasteiger partial charge in [0.25, 0.3) is 13.9 Å². The molecule has 0 radical (unpaired) electrons. The number of benzene rings is 2. The van der Waals surface area contributed by atoms with E-state index >= 15 is 0 Å². The lowest BCUT2D eigenvalue weighted by Crippen LogP contribution is -2.67. The van der Waals surface area contributed by atoms with Crippen molar-refractivity contribution < 1.29 is 23.8 Å². The number of rotatable bonds is 10. The van der Waals surface area contributed by atoms with Gasteiger partial charge >= 0.3 is 5.69 Å². The van der Waals surface area contributed by atoms with Crippen molar-refractivity contribution in [3.05, 3.63) is 93.3 Å². The third kappa shape index (κ3) is 6.29. The van der Waals surface area contributed by atoms with Crippen molar-refractivity contribution in [3.8, 4) is 0 Å². The number of carbonyl (C=O) groups excluding carboxylic acids is 1. The Morgan fingerprint density at radius 3 is 2.20 bits per heavy atom. The van der Waals surface area contributed by atoms with E-state index in [1.165, 1.54) is 17.8 Å². The number of aromatic nitrogens is 2. The van der Waals surface area contributed by atoms with E-state index in [4.69, 9.17) is 13.9 Å². The molecular weight excluding hydrogens is 542 g/mol. The largest absolute Gasteiger partial charge is 0.405 e. The molecule has 0 saturated carbocycles. The van der Waals surface area contributed by atoms with Crippen LogP contribution >= 0.6 is 0 Å². The van der Waals surface area contributed by atoms with Gasteiger partial charge in [0.15, 0.2) is 6.23 Å². The molecular formula is C30H39N3O7Si. The number of hydrogen-bond acceptors (Lipinski definition) is 7. The van der Waals surface area contributed by atoms with Gasteiger partial charge in [0.2, 0.25) is 5.91 Å². The Morgan fingerprint density at radius 1 is 1.07 bits per heavy atom. The Balaban J connectivity index is 1.70. The number of hydrogen-bond donors (Lipinski definition) is 3. The summed E-state index contributed by atoms with van der Waals surface area (Å²) in [6.45, 7) is 8.06. The minimum atomic E-state index is -2.94. The smallest absolute Gasteiger partial charge is 0.330 e. The molecule has 1 fully saturated rings. The second-order valence-electron chi connectivity index (χ2n) is 11.3. The topological polar surface area (TPSA) is 132 Å². The van der Waals surface area contributed by atoms with Crippen LogP contribution in [0, 0.1) is 6.92 Å². The summed E-state index contributed by atoms with van der Waals surface area (Å²) >= 11 is 0. The maximum Gasteiger partial charge on any atom is 0.330 e. The molecule has 4 atom stereocenters. The van der Waals surface area contributed by atoms with Crippen LogP contribution in [-0.2, 0) is 18.7 Å². The summed E-state index contributed by atoms with van der Waals surface area (Å²) in [5.41, 5.74) is -0.890. The summed E-state index contributed by atoms with van der Waals surface area (Å²) in [5, 5.41) is 15.8. The van der Waals surface area contributed by atoms with Crippen molar-refractivity contribution >= 4 is 24.6 Å². The first-order valence-corrected chi connectivity index (χ1v) is 15.6. The minimum absolute atomic E-state index is 0.000627. The van der Waals surface area contributed by atoms with Crippen LogP contribution in [0.1, 0.15) is 39.0 Å². The van der Waals surface area contributed by atoms with Crippen LogP contribution in [0.5, 0.6) is 0 Å². The molecule has 0 unspecified atom stereocenters. The van der Waals surface area contributed by atoms with E-state index in [9.17, 15) is 19.5 Å². The molecule has 1 aliphatic rings. The number of nitrogens with one attached hydrogen (secondary N) is 2. The molecule has 0 spiro atoms. The van der Waals surface area contributed by atoms with Gasteiger partial charge in [0.05, 0.1) is 13.2 Å². The quantitative estimate of drug-likeness (QED) is 0.307. The first kappa shape index (κ1) is 30.6. The summed E-state index contributed by atoms with van der Waals surface area (Å²) in [5.74, 6) is -0.224. The van der Waals surface area contributed by atoms with E-state index in [0.717, 1.165) is 10.4 Å².